The number of fused-ring (bicyclic) bond motifs is 1. The fourth-order valence-electron chi connectivity index (χ4n) is 1.90. The Bertz CT molecular complexity index is 549. The molecule has 0 fully saturated rings. The molecule has 0 unspecified atom stereocenters. The molecule has 1 aromatic carbocycles. The van der Waals surface area contributed by atoms with Crippen molar-refractivity contribution in [1.29, 1.82) is 0 Å². The van der Waals surface area contributed by atoms with Crippen LogP contribution in [-0.2, 0) is 4.79 Å². The highest BCUT2D eigenvalue weighted by atomic mass is 16.1. The number of aromatic nitrogens is 1. The molecule has 4 nitrogen and oxygen atoms in total. The number of nitrogens with one attached hydrogen (secondary N) is 2. The van der Waals surface area contributed by atoms with Gasteiger partial charge in [0.2, 0.25) is 5.91 Å². The van der Waals surface area contributed by atoms with Crippen LogP contribution in [-0.4, -0.2) is 24.0 Å². The van der Waals surface area contributed by atoms with Crippen molar-refractivity contribution in [1.82, 2.24) is 10.3 Å². The molecule has 0 atom stereocenters. The van der Waals surface area contributed by atoms with Crippen LogP contribution < -0.4 is 10.6 Å². The second-order valence-corrected chi connectivity index (χ2v) is 4.46. The molecule has 19 heavy (non-hydrogen) atoms. The Morgan fingerprint density at radius 1 is 1.26 bits per heavy atom. The van der Waals surface area contributed by atoms with Crippen LogP contribution >= 0.6 is 0 Å². The maximum Gasteiger partial charge on any atom is 0.238 e. The molecule has 100 valence electrons. The molecule has 0 radical (unpaired) electrons. The average molecular weight is 257 g/mol. The number of nitrogens with zero attached hydrogens (tertiary/aromatic N) is 1. The molecule has 0 aliphatic carbocycles. The summed E-state index contributed by atoms with van der Waals surface area (Å²) < 4.78 is 0. The Balaban J connectivity index is 1.99. The van der Waals surface area contributed by atoms with Crippen LogP contribution in [0.2, 0.25) is 0 Å². The number of carbonyl (C=O) groups excluding carboxylic acids is 1. The molecule has 0 bridgehead atoms. The molecular weight excluding hydrogens is 238 g/mol. The molecule has 1 heterocycles. The van der Waals surface area contributed by atoms with Gasteiger partial charge in [-0.25, -0.2) is 0 Å². The van der Waals surface area contributed by atoms with Crippen molar-refractivity contribution in [2.24, 2.45) is 0 Å². The Labute approximate surface area is 113 Å². The van der Waals surface area contributed by atoms with Crippen LogP contribution in [0.15, 0.2) is 36.5 Å². The number of rotatable bonds is 6. The number of amides is 1. The average Bonchev–Trinajstić information content (AvgIpc) is 2.44. The summed E-state index contributed by atoms with van der Waals surface area (Å²) in [6.45, 7) is 3.34. The molecular formula is C15H19N3O. The number of hydrogen-bond acceptors (Lipinski definition) is 3. The second-order valence-electron chi connectivity index (χ2n) is 4.46. The molecule has 0 spiro atoms. The first kappa shape index (κ1) is 13.5. The number of hydrogen-bond donors (Lipinski definition) is 2. The van der Waals surface area contributed by atoms with E-state index >= 15 is 0 Å². The lowest BCUT2D eigenvalue weighted by molar-refractivity contribution is -0.115. The highest BCUT2D eigenvalue weighted by Gasteiger charge is 2.05. The van der Waals surface area contributed by atoms with E-state index in [1.807, 2.05) is 30.3 Å². The zero-order valence-electron chi connectivity index (χ0n) is 11.1. The predicted molar refractivity (Wildman–Crippen MR) is 78.2 cm³/mol. The quantitative estimate of drug-likeness (QED) is 0.782. The van der Waals surface area contributed by atoms with Crippen molar-refractivity contribution >= 4 is 22.5 Å². The Morgan fingerprint density at radius 3 is 2.95 bits per heavy atom. The van der Waals surface area contributed by atoms with Gasteiger partial charge in [0.1, 0.15) is 0 Å². The van der Waals surface area contributed by atoms with Gasteiger partial charge in [0.25, 0.3) is 0 Å². The van der Waals surface area contributed by atoms with E-state index in [9.17, 15) is 4.79 Å². The Hall–Kier alpha value is -1.94. The lowest BCUT2D eigenvalue weighted by Crippen LogP contribution is -2.28. The second kappa shape index (κ2) is 6.85. The Kier molecular flexibility index (Phi) is 4.86. The van der Waals surface area contributed by atoms with Crippen LogP contribution in [0.4, 0.5) is 5.69 Å². The summed E-state index contributed by atoms with van der Waals surface area (Å²) in [7, 11) is 0. The van der Waals surface area contributed by atoms with Crippen molar-refractivity contribution in [2.75, 3.05) is 18.4 Å². The highest BCUT2D eigenvalue weighted by Crippen LogP contribution is 2.20. The highest BCUT2D eigenvalue weighted by molar-refractivity contribution is 6.00. The third kappa shape index (κ3) is 3.76. The van der Waals surface area contributed by atoms with Crippen LogP contribution in [0.25, 0.3) is 10.9 Å². The standard InChI is InChI=1S/C15H19N3O/c1-2-3-9-16-11-14(19)18-13-8-4-6-12-7-5-10-17-15(12)13/h4-8,10,16H,2-3,9,11H2,1H3,(H,18,19). The van der Waals surface area contributed by atoms with Gasteiger partial charge in [-0.3, -0.25) is 9.78 Å². The first-order valence-electron chi connectivity index (χ1n) is 6.65. The zero-order chi connectivity index (χ0) is 13.5. The van der Waals surface area contributed by atoms with Crippen molar-refractivity contribution < 1.29 is 4.79 Å². The number of unbranched alkanes of at least 4 members (excludes halogenated alkanes) is 1. The summed E-state index contributed by atoms with van der Waals surface area (Å²) in [4.78, 5) is 16.1. The number of benzene rings is 1. The molecule has 1 amide bonds. The fourth-order valence-corrected chi connectivity index (χ4v) is 1.90. The number of pyridine rings is 1. The molecule has 2 aromatic rings. The van der Waals surface area contributed by atoms with E-state index in [1.54, 1.807) is 6.20 Å². The lowest BCUT2D eigenvalue weighted by atomic mass is 10.2. The van der Waals surface area contributed by atoms with E-state index in [-0.39, 0.29) is 5.91 Å². The smallest absolute Gasteiger partial charge is 0.238 e. The van der Waals surface area contributed by atoms with Gasteiger partial charge in [0.05, 0.1) is 17.7 Å². The molecule has 1 aromatic heterocycles. The SMILES string of the molecule is CCCCNCC(=O)Nc1cccc2cccnc12. The summed E-state index contributed by atoms with van der Waals surface area (Å²) in [6.07, 6.45) is 3.95. The van der Waals surface area contributed by atoms with Gasteiger partial charge in [-0.15, -0.1) is 0 Å². The van der Waals surface area contributed by atoms with Crippen molar-refractivity contribution in [3.8, 4) is 0 Å². The minimum absolute atomic E-state index is 0.0331. The molecule has 0 saturated carbocycles. The minimum Gasteiger partial charge on any atom is -0.323 e. The molecule has 0 saturated heterocycles. The predicted octanol–water partition coefficient (Wildman–Crippen LogP) is 2.56. The topological polar surface area (TPSA) is 54.0 Å². The summed E-state index contributed by atoms with van der Waals surface area (Å²) in [5, 5.41) is 7.05. The maximum atomic E-state index is 11.8. The first-order chi connectivity index (χ1) is 9.31. The van der Waals surface area contributed by atoms with Gasteiger partial charge in [-0.1, -0.05) is 31.5 Å². The van der Waals surface area contributed by atoms with Gasteiger partial charge in [-0.05, 0) is 25.1 Å². The van der Waals surface area contributed by atoms with Gasteiger partial charge >= 0.3 is 0 Å². The van der Waals surface area contributed by atoms with E-state index in [0.717, 1.165) is 36.0 Å². The van der Waals surface area contributed by atoms with Crippen LogP contribution in [0.5, 0.6) is 0 Å². The minimum atomic E-state index is -0.0331. The van der Waals surface area contributed by atoms with Gasteiger partial charge in [0, 0.05) is 11.6 Å². The monoisotopic (exact) mass is 257 g/mol. The van der Waals surface area contributed by atoms with Crippen LogP contribution in [0.1, 0.15) is 19.8 Å². The molecule has 0 aliphatic heterocycles. The van der Waals surface area contributed by atoms with E-state index in [2.05, 4.69) is 22.5 Å². The first-order valence-corrected chi connectivity index (χ1v) is 6.65. The van der Waals surface area contributed by atoms with Gasteiger partial charge in [-0.2, -0.15) is 0 Å². The van der Waals surface area contributed by atoms with Crippen LogP contribution in [0, 0.1) is 0 Å². The number of carbonyl (C=O) groups is 1. The van der Waals surface area contributed by atoms with E-state index in [4.69, 9.17) is 0 Å². The molecule has 2 rings (SSSR count). The van der Waals surface area contributed by atoms with Crippen molar-refractivity contribution in [3.05, 3.63) is 36.5 Å². The molecule has 4 heteroatoms. The molecule has 2 N–H and O–H groups in total. The normalized spacial score (nSPS) is 10.6. The summed E-state index contributed by atoms with van der Waals surface area (Å²) in [6, 6.07) is 9.65. The summed E-state index contributed by atoms with van der Waals surface area (Å²) in [5.41, 5.74) is 1.59. The van der Waals surface area contributed by atoms with E-state index < -0.39 is 0 Å². The van der Waals surface area contributed by atoms with Crippen molar-refractivity contribution in [3.63, 3.8) is 0 Å². The van der Waals surface area contributed by atoms with E-state index in [1.165, 1.54) is 0 Å². The third-order valence-electron chi connectivity index (χ3n) is 2.90. The zero-order valence-corrected chi connectivity index (χ0v) is 11.1. The van der Waals surface area contributed by atoms with Gasteiger partial charge < -0.3 is 10.6 Å². The largest absolute Gasteiger partial charge is 0.323 e. The number of anilines is 1. The number of para-hydroxylation sites is 1. The van der Waals surface area contributed by atoms with Gasteiger partial charge in [0.15, 0.2) is 0 Å². The summed E-state index contributed by atoms with van der Waals surface area (Å²) in [5.74, 6) is -0.0331. The third-order valence-corrected chi connectivity index (χ3v) is 2.90. The maximum absolute atomic E-state index is 11.8. The Morgan fingerprint density at radius 2 is 2.11 bits per heavy atom. The van der Waals surface area contributed by atoms with Crippen molar-refractivity contribution in [2.45, 2.75) is 19.8 Å². The lowest BCUT2D eigenvalue weighted by Gasteiger charge is -2.08. The molecule has 0 aliphatic rings. The fraction of sp³-hybridized carbons (Fsp3) is 0.333. The van der Waals surface area contributed by atoms with Crippen LogP contribution in [0.3, 0.4) is 0 Å². The van der Waals surface area contributed by atoms with E-state index in [0.29, 0.717) is 6.54 Å². The summed E-state index contributed by atoms with van der Waals surface area (Å²) >= 11 is 0.